The number of carboxylic acid groups (broad SMARTS) is 1. The highest BCUT2D eigenvalue weighted by molar-refractivity contribution is 7.93. The smallest absolute Gasteiger partial charge is 0.326 e. The molecule has 1 unspecified atom stereocenters. The summed E-state index contributed by atoms with van der Waals surface area (Å²) < 4.78 is 29.1. The quantitative estimate of drug-likeness (QED) is 0.760. The molecule has 1 aromatic carbocycles. The monoisotopic (exact) mass is 359 g/mol. The average molecular weight is 359 g/mol. The highest BCUT2D eigenvalue weighted by Gasteiger charge is 2.51. The first-order valence-electron chi connectivity index (χ1n) is 7.32. The lowest BCUT2D eigenvalue weighted by molar-refractivity contribution is -0.140. The molecule has 0 amide bonds. The molecule has 2 aromatic rings. The van der Waals surface area contributed by atoms with Gasteiger partial charge in [0.15, 0.2) is 14.6 Å². The van der Waals surface area contributed by atoms with Crippen LogP contribution in [0, 0.1) is 12.3 Å². The second kappa shape index (κ2) is 7.36. The van der Waals surface area contributed by atoms with Crippen LogP contribution in [-0.2, 0) is 21.1 Å². The summed E-state index contributed by atoms with van der Waals surface area (Å²) in [6, 6.07) is 8.76. The van der Waals surface area contributed by atoms with E-state index < -0.39 is 27.0 Å². The molecule has 130 valence electrons. The summed E-state index contributed by atoms with van der Waals surface area (Å²) in [5.74, 6) is 1.17. The van der Waals surface area contributed by atoms with Gasteiger partial charge in [-0.25, -0.2) is 8.42 Å². The van der Waals surface area contributed by atoms with Gasteiger partial charge < -0.3 is 9.84 Å². The molecule has 1 N–H and O–H groups in total. The number of sulfone groups is 1. The highest BCUT2D eigenvalue weighted by atomic mass is 32.2. The first-order valence-corrected chi connectivity index (χ1v) is 8.80. The van der Waals surface area contributed by atoms with Crippen LogP contribution >= 0.6 is 0 Å². The van der Waals surface area contributed by atoms with Crippen molar-refractivity contribution in [3.63, 3.8) is 0 Å². The van der Waals surface area contributed by atoms with Gasteiger partial charge >= 0.3 is 5.97 Å². The minimum atomic E-state index is -4.27. The van der Waals surface area contributed by atoms with Crippen LogP contribution in [0.15, 0.2) is 53.7 Å². The topological polar surface area (TPSA) is 93.6 Å². The predicted octanol–water partition coefficient (Wildman–Crippen LogP) is 1.95. The maximum Gasteiger partial charge on any atom is 0.326 e. The summed E-state index contributed by atoms with van der Waals surface area (Å²) >= 11 is 0. The second-order valence-corrected chi connectivity index (χ2v) is 7.66. The van der Waals surface area contributed by atoms with Crippen molar-refractivity contribution in [3.05, 3.63) is 54.4 Å². The van der Waals surface area contributed by atoms with Crippen molar-refractivity contribution < 1.29 is 23.1 Å². The molecule has 7 heteroatoms. The largest absolute Gasteiger partial charge is 0.497 e. The number of carboxylic acids is 1. The highest BCUT2D eigenvalue weighted by Crippen LogP contribution is 2.33. The zero-order valence-corrected chi connectivity index (χ0v) is 14.4. The van der Waals surface area contributed by atoms with E-state index in [-0.39, 0.29) is 11.3 Å². The Hall–Kier alpha value is -2.85. The van der Waals surface area contributed by atoms with Gasteiger partial charge in [-0.3, -0.25) is 9.78 Å². The Kier molecular flexibility index (Phi) is 5.45. The van der Waals surface area contributed by atoms with Crippen LogP contribution in [0.2, 0.25) is 0 Å². The first kappa shape index (κ1) is 18.5. The predicted molar refractivity (Wildman–Crippen MR) is 91.9 cm³/mol. The number of ether oxygens (including phenoxy) is 1. The van der Waals surface area contributed by atoms with E-state index in [9.17, 15) is 18.3 Å². The maximum atomic E-state index is 13.2. The van der Waals surface area contributed by atoms with E-state index in [1.54, 1.807) is 12.1 Å². The SMILES string of the molecule is C#CCC(Cc1cccnc1)(C(=O)O)S(=O)(=O)c1ccc(OC)cc1. The Balaban J connectivity index is 2.60. The Morgan fingerprint density at radius 2 is 2.00 bits per heavy atom. The van der Waals surface area contributed by atoms with Crippen molar-refractivity contribution >= 4 is 15.8 Å². The third-order valence-corrected chi connectivity index (χ3v) is 6.26. The number of aromatic nitrogens is 1. The normalized spacial score (nSPS) is 13.4. The van der Waals surface area contributed by atoms with Gasteiger partial charge in [0.2, 0.25) is 0 Å². The second-order valence-electron chi connectivity index (χ2n) is 5.40. The van der Waals surface area contributed by atoms with Crippen LogP contribution in [-0.4, -0.2) is 36.3 Å². The van der Waals surface area contributed by atoms with Crippen LogP contribution in [0.3, 0.4) is 0 Å². The molecule has 2 rings (SSSR count). The number of hydrogen-bond acceptors (Lipinski definition) is 5. The summed E-state index contributed by atoms with van der Waals surface area (Å²) in [4.78, 5) is 15.8. The first-order chi connectivity index (χ1) is 11.9. The van der Waals surface area contributed by atoms with Gasteiger partial charge in [-0.2, -0.15) is 0 Å². The molecule has 0 spiro atoms. The molecular formula is C18H17NO5S. The van der Waals surface area contributed by atoms with E-state index in [4.69, 9.17) is 11.2 Å². The van der Waals surface area contributed by atoms with Gasteiger partial charge in [-0.15, -0.1) is 12.3 Å². The summed E-state index contributed by atoms with van der Waals surface area (Å²) in [7, 11) is -2.82. The number of pyridine rings is 1. The molecule has 1 atom stereocenters. The van der Waals surface area contributed by atoms with E-state index in [2.05, 4.69) is 10.9 Å². The minimum Gasteiger partial charge on any atom is -0.497 e. The fraction of sp³-hybridized carbons (Fsp3) is 0.222. The molecular weight excluding hydrogens is 342 g/mol. The summed E-state index contributed by atoms with van der Waals surface area (Å²) in [6.07, 6.45) is 7.51. The van der Waals surface area contributed by atoms with Gasteiger partial charge in [0.25, 0.3) is 0 Å². The molecule has 0 saturated carbocycles. The lowest BCUT2D eigenvalue weighted by atomic mass is 9.96. The van der Waals surface area contributed by atoms with Crippen LogP contribution in [0.25, 0.3) is 0 Å². The number of aliphatic carboxylic acids is 1. The third kappa shape index (κ3) is 3.49. The summed E-state index contributed by atoms with van der Waals surface area (Å²) in [6.45, 7) is 0. The number of rotatable bonds is 7. The zero-order chi connectivity index (χ0) is 18.5. The van der Waals surface area contributed by atoms with Crippen molar-refractivity contribution in [1.82, 2.24) is 4.98 Å². The van der Waals surface area contributed by atoms with E-state index in [1.165, 1.54) is 43.8 Å². The van der Waals surface area contributed by atoms with Gasteiger partial charge in [-0.1, -0.05) is 6.07 Å². The Morgan fingerprint density at radius 3 is 2.48 bits per heavy atom. The van der Waals surface area contributed by atoms with Crippen molar-refractivity contribution in [3.8, 4) is 18.1 Å². The average Bonchev–Trinajstić information content (AvgIpc) is 2.61. The number of hydrogen-bond donors (Lipinski definition) is 1. The number of nitrogens with zero attached hydrogens (tertiary/aromatic N) is 1. The molecule has 0 aliphatic carbocycles. The van der Waals surface area contributed by atoms with Crippen LogP contribution in [0.1, 0.15) is 12.0 Å². The van der Waals surface area contributed by atoms with Crippen molar-refractivity contribution in [2.24, 2.45) is 0 Å². The van der Waals surface area contributed by atoms with Crippen molar-refractivity contribution in [2.75, 3.05) is 7.11 Å². The molecule has 0 bridgehead atoms. The Labute approximate surface area is 146 Å². The number of terminal acetylenes is 1. The summed E-state index contributed by atoms with van der Waals surface area (Å²) in [5.41, 5.74) is 0.470. The minimum absolute atomic E-state index is 0.130. The fourth-order valence-corrected chi connectivity index (χ4v) is 4.30. The molecule has 25 heavy (non-hydrogen) atoms. The molecule has 6 nitrogen and oxygen atoms in total. The van der Waals surface area contributed by atoms with Gasteiger partial charge in [0, 0.05) is 25.2 Å². The van der Waals surface area contributed by atoms with E-state index in [0.717, 1.165) is 0 Å². The van der Waals surface area contributed by atoms with E-state index in [1.807, 2.05) is 0 Å². The molecule has 0 fully saturated rings. The molecule has 1 aromatic heterocycles. The number of benzene rings is 1. The van der Waals surface area contributed by atoms with Crippen LogP contribution < -0.4 is 4.74 Å². The molecule has 1 heterocycles. The Bertz CT molecular complexity index is 885. The van der Waals surface area contributed by atoms with Crippen LogP contribution in [0.4, 0.5) is 0 Å². The van der Waals surface area contributed by atoms with Gasteiger partial charge in [0.1, 0.15) is 5.75 Å². The number of methoxy groups -OCH3 is 1. The van der Waals surface area contributed by atoms with Gasteiger partial charge in [0.05, 0.1) is 12.0 Å². The molecule has 0 radical (unpaired) electrons. The van der Waals surface area contributed by atoms with Crippen LogP contribution in [0.5, 0.6) is 5.75 Å². The standard InChI is InChI=1S/C18H17NO5S/c1-3-10-18(17(20)21,12-14-5-4-11-19-13-14)25(22,23)16-8-6-15(24-2)7-9-16/h1,4-9,11,13H,10,12H2,2H3,(H,20,21). The lowest BCUT2D eigenvalue weighted by Gasteiger charge is -2.27. The maximum absolute atomic E-state index is 13.2. The van der Waals surface area contributed by atoms with E-state index in [0.29, 0.717) is 11.3 Å². The number of carbonyl (C=O) groups is 1. The zero-order valence-electron chi connectivity index (χ0n) is 13.5. The molecule has 0 saturated heterocycles. The van der Waals surface area contributed by atoms with Crippen molar-refractivity contribution in [2.45, 2.75) is 22.5 Å². The van der Waals surface area contributed by atoms with Crippen molar-refractivity contribution in [1.29, 1.82) is 0 Å². The Morgan fingerprint density at radius 1 is 1.32 bits per heavy atom. The van der Waals surface area contributed by atoms with Gasteiger partial charge in [-0.05, 0) is 35.9 Å². The fourth-order valence-electron chi connectivity index (χ4n) is 2.50. The molecule has 0 aliphatic heterocycles. The third-order valence-electron chi connectivity index (χ3n) is 3.87. The van der Waals surface area contributed by atoms with E-state index >= 15 is 0 Å². The lowest BCUT2D eigenvalue weighted by Crippen LogP contribution is -2.48. The summed E-state index contributed by atoms with van der Waals surface area (Å²) in [5, 5.41) is 9.79. The molecule has 0 aliphatic rings.